The lowest BCUT2D eigenvalue weighted by Gasteiger charge is -2.17. The highest BCUT2D eigenvalue weighted by atomic mass is 19.4. The molecular formula is C12H14F3N5O. The van der Waals surface area contributed by atoms with E-state index in [1.165, 1.54) is 4.90 Å². The van der Waals surface area contributed by atoms with Gasteiger partial charge in [0.15, 0.2) is 5.69 Å². The Hall–Kier alpha value is -2.32. The van der Waals surface area contributed by atoms with Gasteiger partial charge < -0.3 is 4.90 Å². The Labute approximate surface area is 118 Å². The Kier molecular flexibility index (Phi) is 4.01. The van der Waals surface area contributed by atoms with E-state index in [0.29, 0.717) is 6.54 Å². The molecule has 2 aromatic rings. The van der Waals surface area contributed by atoms with Crippen LogP contribution in [-0.2, 0) is 31.1 Å². The number of alkyl halides is 3. The predicted molar refractivity (Wildman–Crippen MR) is 66.9 cm³/mol. The highest BCUT2D eigenvalue weighted by molar-refractivity contribution is 5.75. The molecule has 2 aromatic heterocycles. The molecule has 0 aliphatic rings. The third kappa shape index (κ3) is 3.61. The summed E-state index contributed by atoms with van der Waals surface area (Å²) in [5, 5.41) is 7.32. The van der Waals surface area contributed by atoms with Gasteiger partial charge in [-0.05, 0) is 12.1 Å². The molecule has 0 aliphatic carbocycles. The number of aryl methyl sites for hydroxylation is 1. The quantitative estimate of drug-likeness (QED) is 0.855. The van der Waals surface area contributed by atoms with E-state index >= 15 is 0 Å². The molecule has 2 rings (SSSR count). The molecule has 0 spiro atoms. The molecule has 0 unspecified atom stereocenters. The van der Waals surface area contributed by atoms with Gasteiger partial charge in [0, 0.05) is 26.5 Å². The van der Waals surface area contributed by atoms with Gasteiger partial charge >= 0.3 is 6.18 Å². The average molecular weight is 301 g/mol. The van der Waals surface area contributed by atoms with Gasteiger partial charge in [-0.3, -0.25) is 14.2 Å². The molecule has 0 aromatic carbocycles. The lowest BCUT2D eigenvalue weighted by molar-refractivity contribution is -0.142. The van der Waals surface area contributed by atoms with Crippen LogP contribution in [0, 0.1) is 0 Å². The third-order valence-electron chi connectivity index (χ3n) is 2.98. The zero-order valence-corrected chi connectivity index (χ0v) is 11.5. The first kappa shape index (κ1) is 15.1. The van der Waals surface area contributed by atoms with E-state index in [2.05, 4.69) is 10.2 Å². The van der Waals surface area contributed by atoms with Gasteiger partial charge in [0.2, 0.25) is 5.91 Å². The second-order valence-corrected chi connectivity index (χ2v) is 4.59. The first-order chi connectivity index (χ1) is 9.77. The molecule has 2 heterocycles. The number of hydrogen-bond acceptors (Lipinski definition) is 3. The number of carbonyl (C=O) groups is 1. The summed E-state index contributed by atoms with van der Waals surface area (Å²) in [6.45, 7) is 0.0765. The first-order valence-corrected chi connectivity index (χ1v) is 6.09. The highest BCUT2D eigenvalue weighted by Crippen LogP contribution is 2.27. The SMILES string of the molecule is CN(Cc1ccnn1C)C(=O)Cn1ccc(C(F)(F)F)n1. The zero-order valence-electron chi connectivity index (χ0n) is 11.5. The molecule has 114 valence electrons. The highest BCUT2D eigenvalue weighted by Gasteiger charge is 2.33. The number of nitrogens with zero attached hydrogens (tertiary/aromatic N) is 5. The summed E-state index contributed by atoms with van der Waals surface area (Å²) in [5.74, 6) is -0.340. The number of rotatable bonds is 4. The molecule has 9 heteroatoms. The minimum absolute atomic E-state index is 0.246. The Morgan fingerprint density at radius 3 is 2.62 bits per heavy atom. The molecule has 0 saturated carbocycles. The van der Waals surface area contributed by atoms with Crippen molar-refractivity contribution in [2.75, 3.05) is 7.05 Å². The van der Waals surface area contributed by atoms with Gasteiger partial charge in [-0.25, -0.2) is 0 Å². The zero-order chi connectivity index (χ0) is 15.6. The van der Waals surface area contributed by atoms with Gasteiger partial charge in [0.25, 0.3) is 0 Å². The molecule has 0 radical (unpaired) electrons. The van der Waals surface area contributed by atoms with Gasteiger partial charge in [0.1, 0.15) is 6.54 Å². The second kappa shape index (κ2) is 5.58. The van der Waals surface area contributed by atoms with Gasteiger partial charge in [0.05, 0.1) is 12.2 Å². The van der Waals surface area contributed by atoms with Gasteiger partial charge in [-0.1, -0.05) is 0 Å². The minimum Gasteiger partial charge on any atom is -0.338 e. The molecule has 21 heavy (non-hydrogen) atoms. The molecular weight excluding hydrogens is 287 g/mol. The maximum Gasteiger partial charge on any atom is 0.435 e. The van der Waals surface area contributed by atoms with Crippen molar-refractivity contribution in [3.8, 4) is 0 Å². The average Bonchev–Trinajstić information content (AvgIpc) is 2.99. The van der Waals surface area contributed by atoms with Crippen LogP contribution in [0.3, 0.4) is 0 Å². The van der Waals surface area contributed by atoms with Crippen LogP contribution in [-0.4, -0.2) is 37.4 Å². The van der Waals surface area contributed by atoms with Crippen molar-refractivity contribution in [2.24, 2.45) is 7.05 Å². The van der Waals surface area contributed by atoms with E-state index in [0.717, 1.165) is 22.6 Å². The molecule has 1 amide bonds. The van der Waals surface area contributed by atoms with Crippen LogP contribution in [0.1, 0.15) is 11.4 Å². The monoisotopic (exact) mass is 301 g/mol. The van der Waals surface area contributed by atoms with Crippen molar-refractivity contribution in [1.82, 2.24) is 24.5 Å². The van der Waals surface area contributed by atoms with Gasteiger partial charge in [-0.15, -0.1) is 0 Å². The molecule has 0 atom stereocenters. The summed E-state index contributed by atoms with van der Waals surface area (Å²) in [4.78, 5) is 13.4. The fraction of sp³-hybridized carbons (Fsp3) is 0.417. The summed E-state index contributed by atoms with van der Waals surface area (Å²) >= 11 is 0. The normalized spacial score (nSPS) is 11.7. The summed E-state index contributed by atoms with van der Waals surface area (Å²) in [6, 6.07) is 2.61. The number of aromatic nitrogens is 4. The Morgan fingerprint density at radius 1 is 1.38 bits per heavy atom. The fourth-order valence-corrected chi connectivity index (χ4v) is 1.75. The summed E-state index contributed by atoms with van der Waals surface area (Å²) in [5.41, 5.74) is -0.188. The maximum atomic E-state index is 12.4. The van der Waals surface area contributed by atoms with Crippen LogP contribution in [0.25, 0.3) is 0 Å². The van der Waals surface area contributed by atoms with Crippen LogP contribution in [0.2, 0.25) is 0 Å². The van der Waals surface area contributed by atoms with Crippen molar-refractivity contribution in [2.45, 2.75) is 19.3 Å². The standard InChI is InChI=1S/C12H14F3N5O/c1-18(7-9-3-5-16-19(9)2)11(21)8-20-6-4-10(17-20)12(13,14)15/h3-6H,7-8H2,1-2H3. The molecule has 0 aliphatic heterocycles. The van der Waals surface area contributed by atoms with Crippen molar-refractivity contribution >= 4 is 5.91 Å². The second-order valence-electron chi connectivity index (χ2n) is 4.59. The lowest BCUT2D eigenvalue weighted by atomic mass is 10.4. The van der Waals surface area contributed by atoms with Crippen LogP contribution in [0.15, 0.2) is 24.5 Å². The Balaban J connectivity index is 1.98. The molecule has 0 N–H and O–H groups in total. The molecule has 0 fully saturated rings. The number of likely N-dealkylation sites (N-methyl/N-ethyl adjacent to an activating group) is 1. The first-order valence-electron chi connectivity index (χ1n) is 6.09. The van der Waals surface area contributed by atoms with Crippen LogP contribution < -0.4 is 0 Å². The van der Waals surface area contributed by atoms with Crippen molar-refractivity contribution in [3.63, 3.8) is 0 Å². The number of hydrogen-bond donors (Lipinski definition) is 0. The number of amides is 1. The van der Waals surface area contributed by atoms with Crippen LogP contribution >= 0.6 is 0 Å². The fourth-order valence-electron chi connectivity index (χ4n) is 1.75. The maximum absolute atomic E-state index is 12.4. The van der Waals surface area contributed by atoms with E-state index in [-0.39, 0.29) is 12.5 Å². The minimum atomic E-state index is -4.51. The third-order valence-corrected chi connectivity index (χ3v) is 2.98. The van der Waals surface area contributed by atoms with Crippen LogP contribution in [0.4, 0.5) is 13.2 Å². The summed E-state index contributed by atoms with van der Waals surface area (Å²) < 4.78 is 39.8. The largest absolute Gasteiger partial charge is 0.435 e. The number of carbonyl (C=O) groups excluding carboxylic acids is 1. The summed E-state index contributed by atoms with van der Waals surface area (Å²) in [7, 11) is 3.32. The number of halogens is 3. The molecule has 0 saturated heterocycles. The Bertz CT molecular complexity index is 631. The molecule has 0 bridgehead atoms. The predicted octanol–water partition coefficient (Wildman–Crippen LogP) is 1.29. The lowest BCUT2D eigenvalue weighted by Crippen LogP contribution is -2.30. The summed E-state index contributed by atoms with van der Waals surface area (Å²) in [6.07, 6.45) is -1.76. The van der Waals surface area contributed by atoms with Crippen LogP contribution in [0.5, 0.6) is 0 Å². The van der Waals surface area contributed by atoms with E-state index in [9.17, 15) is 18.0 Å². The smallest absolute Gasteiger partial charge is 0.338 e. The molecule has 6 nitrogen and oxygen atoms in total. The van der Waals surface area contributed by atoms with Crippen molar-refractivity contribution < 1.29 is 18.0 Å². The van der Waals surface area contributed by atoms with E-state index in [1.807, 2.05) is 0 Å². The van der Waals surface area contributed by atoms with Crippen molar-refractivity contribution in [3.05, 3.63) is 35.9 Å². The van der Waals surface area contributed by atoms with Gasteiger partial charge in [-0.2, -0.15) is 23.4 Å². The van der Waals surface area contributed by atoms with E-state index in [1.54, 1.807) is 31.0 Å². The van der Waals surface area contributed by atoms with E-state index in [4.69, 9.17) is 0 Å². The van der Waals surface area contributed by atoms with Crippen molar-refractivity contribution in [1.29, 1.82) is 0 Å². The topological polar surface area (TPSA) is 56.0 Å². The van der Waals surface area contributed by atoms with E-state index < -0.39 is 11.9 Å². The Morgan fingerprint density at radius 2 is 2.10 bits per heavy atom.